The van der Waals surface area contributed by atoms with Gasteiger partial charge in [-0.2, -0.15) is 0 Å². The fourth-order valence-corrected chi connectivity index (χ4v) is 1.93. The Labute approximate surface area is 101 Å². The van der Waals surface area contributed by atoms with Crippen LogP contribution < -0.4 is 10.6 Å². The lowest BCUT2D eigenvalue weighted by Gasteiger charge is -2.31. The van der Waals surface area contributed by atoms with Gasteiger partial charge in [0.25, 0.3) is 0 Å². The molecule has 0 saturated heterocycles. The Morgan fingerprint density at radius 1 is 1.24 bits per heavy atom. The van der Waals surface area contributed by atoms with Gasteiger partial charge in [0.15, 0.2) is 11.6 Å². The van der Waals surface area contributed by atoms with Gasteiger partial charge in [-0.05, 0) is 30.5 Å². The molecule has 0 heterocycles. The molecule has 0 radical (unpaired) electrons. The zero-order chi connectivity index (χ0) is 13.1. The maximum absolute atomic E-state index is 13.1. The Bertz CT molecular complexity index is 378. The summed E-state index contributed by atoms with van der Waals surface area (Å²) in [5.41, 5.74) is 6.27. The molecule has 96 valence electrons. The van der Waals surface area contributed by atoms with Gasteiger partial charge in [0.05, 0.1) is 0 Å². The highest BCUT2D eigenvalue weighted by atomic mass is 19.2. The third-order valence-electron chi connectivity index (χ3n) is 2.83. The van der Waals surface area contributed by atoms with Crippen molar-refractivity contribution in [2.75, 3.05) is 25.0 Å². The Hall–Kier alpha value is -1.16. The molecule has 2 nitrogen and oxygen atoms in total. The molecule has 0 aliphatic rings. The van der Waals surface area contributed by atoms with Crippen LogP contribution in [0.15, 0.2) is 18.2 Å². The first-order valence-electron chi connectivity index (χ1n) is 5.72. The number of rotatable bonds is 5. The van der Waals surface area contributed by atoms with E-state index in [1.165, 1.54) is 6.07 Å². The lowest BCUT2D eigenvalue weighted by molar-refractivity contribution is 0.347. The van der Waals surface area contributed by atoms with Gasteiger partial charge in [0.2, 0.25) is 0 Å². The largest absolute Gasteiger partial charge is 0.374 e. The molecule has 4 heteroatoms. The predicted molar refractivity (Wildman–Crippen MR) is 67.1 cm³/mol. The molecule has 1 aromatic rings. The van der Waals surface area contributed by atoms with Crippen LogP contribution >= 0.6 is 0 Å². The van der Waals surface area contributed by atoms with Crippen molar-refractivity contribution in [3.05, 3.63) is 29.8 Å². The topological polar surface area (TPSA) is 29.3 Å². The van der Waals surface area contributed by atoms with Crippen LogP contribution in [0.3, 0.4) is 0 Å². The summed E-state index contributed by atoms with van der Waals surface area (Å²) in [4.78, 5) is 1.91. The second-order valence-corrected chi connectivity index (χ2v) is 5.16. The van der Waals surface area contributed by atoms with Crippen LogP contribution in [0.5, 0.6) is 0 Å². The predicted octanol–water partition coefficient (Wildman–Crippen LogP) is 2.78. The molecule has 0 amide bonds. The number of benzene rings is 1. The first-order chi connectivity index (χ1) is 7.85. The summed E-state index contributed by atoms with van der Waals surface area (Å²) in [6.07, 6.45) is 0.890. The third kappa shape index (κ3) is 3.97. The van der Waals surface area contributed by atoms with Crippen molar-refractivity contribution in [2.24, 2.45) is 11.1 Å². The number of hydrogen-bond donors (Lipinski definition) is 1. The zero-order valence-electron chi connectivity index (χ0n) is 10.6. The second kappa shape index (κ2) is 5.45. The molecule has 0 atom stereocenters. The third-order valence-corrected chi connectivity index (χ3v) is 2.83. The summed E-state index contributed by atoms with van der Waals surface area (Å²) >= 11 is 0. The van der Waals surface area contributed by atoms with Crippen LogP contribution in [0, 0.1) is 17.0 Å². The number of anilines is 1. The second-order valence-electron chi connectivity index (χ2n) is 5.16. The minimum absolute atomic E-state index is 0.0500. The van der Waals surface area contributed by atoms with Gasteiger partial charge in [-0.25, -0.2) is 8.78 Å². The van der Waals surface area contributed by atoms with Crippen LogP contribution in [0.2, 0.25) is 0 Å². The minimum Gasteiger partial charge on any atom is -0.374 e. The number of halogens is 2. The Balaban J connectivity index is 2.76. The van der Waals surface area contributed by atoms with Gasteiger partial charge < -0.3 is 10.6 Å². The quantitative estimate of drug-likeness (QED) is 0.860. The van der Waals surface area contributed by atoms with E-state index in [4.69, 9.17) is 5.73 Å². The molecule has 0 saturated carbocycles. The summed E-state index contributed by atoms with van der Waals surface area (Å²) in [6, 6.07) is 3.95. The molecule has 0 fully saturated rings. The molecular formula is C13H20F2N2. The highest BCUT2D eigenvalue weighted by Gasteiger charge is 2.19. The maximum atomic E-state index is 13.1. The fraction of sp³-hybridized carbons (Fsp3) is 0.538. The van der Waals surface area contributed by atoms with Crippen LogP contribution in [-0.2, 0) is 0 Å². The Morgan fingerprint density at radius 3 is 2.41 bits per heavy atom. The number of nitrogens with two attached hydrogens (primary N) is 1. The Morgan fingerprint density at radius 2 is 1.88 bits per heavy atom. The van der Waals surface area contributed by atoms with Crippen molar-refractivity contribution >= 4 is 5.69 Å². The van der Waals surface area contributed by atoms with E-state index in [2.05, 4.69) is 13.8 Å². The van der Waals surface area contributed by atoms with Crippen molar-refractivity contribution in [1.82, 2.24) is 0 Å². The summed E-state index contributed by atoms with van der Waals surface area (Å²) in [6.45, 7) is 5.58. The number of hydrogen-bond acceptors (Lipinski definition) is 2. The number of nitrogens with zero attached hydrogens (tertiary/aromatic N) is 1. The van der Waals surface area contributed by atoms with E-state index in [0.717, 1.165) is 19.0 Å². The van der Waals surface area contributed by atoms with E-state index < -0.39 is 11.6 Å². The SMILES string of the molecule is CN(CC(C)(C)CCN)c1ccc(F)c(F)c1. The van der Waals surface area contributed by atoms with Gasteiger partial charge in [-0.1, -0.05) is 13.8 Å². The molecule has 2 N–H and O–H groups in total. The van der Waals surface area contributed by atoms with Crippen LogP contribution in [0.1, 0.15) is 20.3 Å². The van der Waals surface area contributed by atoms with Crippen LogP contribution in [0.25, 0.3) is 0 Å². The van der Waals surface area contributed by atoms with Gasteiger partial charge >= 0.3 is 0 Å². The van der Waals surface area contributed by atoms with Gasteiger partial charge in [-0.3, -0.25) is 0 Å². The van der Waals surface area contributed by atoms with Crippen molar-refractivity contribution in [3.63, 3.8) is 0 Å². The lowest BCUT2D eigenvalue weighted by Crippen LogP contribution is -2.33. The molecular weight excluding hydrogens is 222 g/mol. The van der Waals surface area contributed by atoms with Gasteiger partial charge in [0, 0.05) is 25.3 Å². The fourth-order valence-electron chi connectivity index (χ4n) is 1.93. The van der Waals surface area contributed by atoms with E-state index in [1.54, 1.807) is 6.07 Å². The van der Waals surface area contributed by atoms with Crippen molar-refractivity contribution in [1.29, 1.82) is 0 Å². The van der Waals surface area contributed by atoms with Crippen LogP contribution in [0.4, 0.5) is 14.5 Å². The molecule has 0 aliphatic carbocycles. The molecule has 1 rings (SSSR count). The summed E-state index contributed by atoms with van der Waals surface area (Å²) in [7, 11) is 1.87. The van der Waals surface area contributed by atoms with Crippen molar-refractivity contribution in [3.8, 4) is 0 Å². The van der Waals surface area contributed by atoms with Crippen molar-refractivity contribution in [2.45, 2.75) is 20.3 Å². The first-order valence-corrected chi connectivity index (χ1v) is 5.72. The molecule has 0 bridgehead atoms. The average molecular weight is 242 g/mol. The maximum Gasteiger partial charge on any atom is 0.160 e. The molecule has 0 unspecified atom stereocenters. The molecule has 0 aliphatic heterocycles. The average Bonchev–Trinajstić information content (AvgIpc) is 2.21. The van der Waals surface area contributed by atoms with Crippen LogP contribution in [-0.4, -0.2) is 20.1 Å². The van der Waals surface area contributed by atoms with E-state index >= 15 is 0 Å². The molecule has 1 aromatic carbocycles. The summed E-state index contributed by atoms with van der Waals surface area (Å²) in [5, 5.41) is 0. The van der Waals surface area contributed by atoms with E-state index in [0.29, 0.717) is 12.2 Å². The first kappa shape index (κ1) is 13.9. The molecule has 0 aromatic heterocycles. The molecule has 0 spiro atoms. The zero-order valence-corrected chi connectivity index (χ0v) is 10.6. The van der Waals surface area contributed by atoms with Gasteiger partial charge in [0.1, 0.15) is 0 Å². The minimum atomic E-state index is -0.816. The van der Waals surface area contributed by atoms with E-state index in [1.807, 2.05) is 11.9 Å². The highest BCUT2D eigenvalue weighted by Crippen LogP contribution is 2.24. The summed E-state index contributed by atoms with van der Waals surface area (Å²) in [5.74, 6) is -1.63. The monoisotopic (exact) mass is 242 g/mol. The van der Waals surface area contributed by atoms with Crippen molar-refractivity contribution < 1.29 is 8.78 Å². The summed E-state index contributed by atoms with van der Waals surface area (Å²) < 4.78 is 25.9. The standard InChI is InChI=1S/C13H20F2N2/c1-13(2,6-7-16)9-17(3)10-4-5-11(14)12(15)8-10/h4-5,8H,6-7,9,16H2,1-3H3. The van der Waals surface area contributed by atoms with Gasteiger partial charge in [-0.15, -0.1) is 0 Å². The van der Waals surface area contributed by atoms with E-state index in [9.17, 15) is 8.78 Å². The lowest BCUT2D eigenvalue weighted by atomic mass is 9.89. The molecule has 17 heavy (non-hydrogen) atoms. The highest BCUT2D eigenvalue weighted by molar-refractivity contribution is 5.46. The Kier molecular flexibility index (Phi) is 4.46. The normalized spacial score (nSPS) is 11.6. The van der Waals surface area contributed by atoms with E-state index in [-0.39, 0.29) is 5.41 Å². The smallest absolute Gasteiger partial charge is 0.160 e.